The van der Waals surface area contributed by atoms with E-state index in [4.69, 9.17) is 16.3 Å². The lowest BCUT2D eigenvalue weighted by atomic mass is 10.1. The SMILES string of the molecule is COc1ccccc1NC(=O)c1ccc(NC2=C(Cl)C(=O)N(c3ccc(C)c(C)c3)C2=O)cc1. The number of anilines is 3. The van der Waals surface area contributed by atoms with Crippen molar-refractivity contribution in [3.8, 4) is 5.75 Å². The van der Waals surface area contributed by atoms with Crippen LogP contribution in [0.5, 0.6) is 5.75 Å². The van der Waals surface area contributed by atoms with Crippen LogP contribution in [-0.2, 0) is 9.59 Å². The maximum absolute atomic E-state index is 13.0. The van der Waals surface area contributed by atoms with Gasteiger partial charge in [-0.15, -0.1) is 0 Å². The van der Waals surface area contributed by atoms with E-state index in [9.17, 15) is 14.4 Å². The molecule has 3 aromatic rings. The zero-order valence-corrected chi connectivity index (χ0v) is 19.6. The molecule has 0 fully saturated rings. The van der Waals surface area contributed by atoms with Crippen LogP contribution in [0.15, 0.2) is 77.5 Å². The number of nitrogens with one attached hydrogen (secondary N) is 2. The number of carbonyl (C=O) groups is 3. The van der Waals surface area contributed by atoms with Crippen molar-refractivity contribution < 1.29 is 19.1 Å². The third-order valence-electron chi connectivity index (χ3n) is 5.55. The molecule has 0 spiro atoms. The van der Waals surface area contributed by atoms with Crippen LogP contribution >= 0.6 is 11.6 Å². The summed E-state index contributed by atoms with van der Waals surface area (Å²) in [4.78, 5) is 39.3. The van der Waals surface area contributed by atoms with E-state index in [0.717, 1.165) is 16.0 Å². The first-order valence-corrected chi connectivity index (χ1v) is 10.8. The van der Waals surface area contributed by atoms with Crippen LogP contribution in [0.3, 0.4) is 0 Å². The Morgan fingerprint density at radius 1 is 0.912 bits per heavy atom. The van der Waals surface area contributed by atoms with Crippen LogP contribution in [0.2, 0.25) is 0 Å². The fourth-order valence-corrected chi connectivity index (χ4v) is 3.71. The molecule has 34 heavy (non-hydrogen) atoms. The van der Waals surface area contributed by atoms with E-state index in [-0.39, 0.29) is 16.6 Å². The average molecular weight is 476 g/mol. The molecule has 0 aromatic heterocycles. The molecule has 0 saturated heterocycles. The average Bonchev–Trinajstić information content (AvgIpc) is 3.04. The summed E-state index contributed by atoms with van der Waals surface area (Å²) in [7, 11) is 1.53. The molecule has 1 aliphatic rings. The second-order valence-electron chi connectivity index (χ2n) is 7.76. The second-order valence-corrected chi connectivity index (χ2v) is 8.14. The van der Waals surface area contributed by atoms with Gasteiger partial charge in [-0.25, -0.2) is 4.90 Å². The van der Waals surface area contributed by atoms with Gasteiger partial charge in [0.05, 0.1) is 18.5 Å². The molecule has 4 rings (SSSR count). The lowest BCUT2D eigenvalue weighted by Crippen LogP contribution is -2.32. The molecule has 8 heteroatoms. The Morgan fingerprint density at radius 3 is 2.29 bits per heavy atom. The number of imide groups is 1. The normalized spacial score (nSPS) is 13.4. The van der Waals surface area contributed by atoms with E-state index in [1.807, 2.05) is 26.0 Å². The molecule has 7 nitrogen and oxygen atoms in total. The molecule has 172 valence electrons. The number of hydrogen-bond donors (Lipinski definition) is 2. The molecule has 0 saturated carbocycles. The number of benzene rings is 3. The van der Waals surface area contributed by atoms with Gasteiger partial charge in [0.25, 0.3) is 17.7 Å². The number of hydrogen-bond acceptors (Lipinski definition) is 5. The minimum atomic E-state index is -0.592. The minimum absolute atomic E-state index is 0.0175. The Morgan fingerprint density at radius 2 is 1.62 bits per heavy atom. The number of halogens is 1. The zero-order chi connectivity index (χ0) is 24.4. The van der Waals surface area contributed by atoms with Crippen LogP contribution in [0, 0.1) is 13.8 Å². The summed E-state index contributed by atoms with van der Waals surface area (Å²) in [5.74, 6) is -0.906. The molecule has 0 unspecified atom stereocenters. The van der Waals surface area contributed by atoms with Crippen LogP contribution in [-0.4, -0.2) is 24.8 Å². The summed E-state index contributed by atoms with van der Waals surface area (Å²) in [6.07, 6.45) is 0. The first kappa shape index (κ1) is 23.1. The van der Waals surface area contributed by atoms with Crippen molar-refractivity contribution in [3.63, 3.8) is 0 Å². The van der Waals surface area contributed by atoms with Crippen LogP contribution in [0.1, 0.15) is 21.5 Å². The second kappa shape index (κ2) is 9.41. The lowest BCUT2D eigenvalue weighted by Gasteiger charge is -2.16. The summed E-state index contributed by atoms with van der Waals surface area (Å²) in [5, 5.41) is 5.52. The Kier molecular flexibility index (Phi) is 6.38. The number of para-hydroxylation sites is 2. The summed E-state index contributed by atoms with van der Waals surface area (Å²) < 4.78 is 5.25. The first-order chi connectivity index (χ1) is 16.3. The van der Waals surface area contributed by atoms with Crippen LogP contribution < -0.4 is 20.3 Å². The van der Waals surface area contributed by atoms with Crippen molar-refractivity contribution in [2.75, 3.05) is 22.6 Å². The largest absolute Gasteiger partial charge is 0.495 e. The molecule has 2 N–H and O–H groups in total. The van der Waals surface area contributed by atoms with E-state index in [0.29, 0.717) is 28.4 Å². The molecular weight excluding hydrogens is 454 g/mol. The molecule has 0 radical (unpaired) electrons. The Hall–Kier alpha value is -4.10. The zero-order valence-electron chi connectivity index (χ0n) is 18.8. The highest BCUT2D eigenvalue weighted by molar-refractivity contribution is 6.53. The van der Waals surface area contributed by atoms with Gasteiger partial charge >= 0.3 is 0 Å². The van der Waals surface area contributed by atoms with Gasteiger partial charge in [-0.1, -0.05) is 29.8 Å². The van der Waals surface area contributed by atoms with Gasteiger partial charge in [-0.3, -0.25) is 14.4 Å². The molecule has 1 aliphatic heterocycles. The Bertz CT molecular complexity index is 1330. The number of amides is 3. The van der Waals surface area contributed by atoms with Gasteiger partial charge in [0.1, 0.15) is 16.5 Å². The quantitative estimate of drug-likeness (QED) is 0.490. The number of carbonyl (C=O) groups excluding carboxylic acids is 3. The van der Waals surface area contributed by atoms with Crippen molar-refractivity contribution >= 4 is 46.4 Å². The summed E-state index contributed by atoms with van der Waals surface area (Å²) in [6.45, 7) is 3.86. The highest BCUT2D eigenvalue weighted by atomic mass is 35.5. The van der Waals surface area contributed by atoms with Crippen molar-refractivity contribution in [2.24, 2.45) is 0 Å². The van der Waals surface area contributed by atoms with Gasteiger partial charge in [0.2, 0.25) is 0 Å². The topological polar surface area (TPSA) is 87.7 Å². The standard InChI is InChI=1S/C26H22ClN3O4/c1-15-8-13-19(14-16(15)2)30-25(32)22(27)23(26(30)33)28-18-11-9-17(10-12-18)24(31)29-20-6-4-5-7-21(20)34-3/h4-14,28H,1-3H3,(H,29,31). The van der Waals surface area contributed by atoms with Gasteiger partial charge in [0.15, 0.2) is 0 Å². The first-order valence-electron chi connectivity index (χ1n) is 10.5. The number of methoxy groups -OCH3 is 1. The third-order valence-corrected chi connectivity index (χ3v) is 5.90. The van der Waals surface area contributed by atoms with Crippen molar-refractivity contribution in [3.05, 3.63) is 94.1 Å². The van der Waals surface area contributed by atoms with Gasteiger partial charge in [-0.05, 0) is 73.5 Å². The van der Waals surface area contributed by atoms with E-state index in [1.165, 1.54) is 7.11 Å². The number of ether oxygens (including phenoxy) is 1. The number of aryl methyl sites for hydroxylation is 2. The predicted octanol–water partition coefficient (Wildman–Crippen LogP) is 5.00. The lowest BCUT2D eigenvalue weighted by molar-refractivity contribution is -0.120. The minimum Gasteiger partial charge on any atom is -0.495 e. The van der Waals surface area contributed by atoms with E-state index in [2.05, 4.69) is 10.6 Å². The maximum atomic E-state index is 13.0. The Balaban J connectivity index is 1.49. The van der Waals surface area contributed by atoms with Gasteiger partial charge in [-0.2, -0.15) is 0 Å². The number of rotatable bonds is 6. The summed E-state index contributed by atoms with van der Waals surface area (Å²) >= 11 is 6.22. The molecule has 0 atom stereocenters. The van der Waals surface area contributed by atoms with Crippen LogP contribution in [0.4, 0.5) is 17.1 Å². The molecular formula is C26H22ClN3O4. The third kappa shape index (κ3) is 4.38. The number of nitrogens with zero attached hydrogens (tertiary/aromatic N) is 1. The summed E-state index contributed by atoms with van der Waals surface area (Å²) in [5.41, 5.74) is 3.91. The molecule has 3 aromatic carbocycles. The van der Waals surface area contributed by atoms with E-state index < -0.39 is 11.8 Å². The molecule has 1 heterocycles. The van der Waals surface area contributed by atoms with E-state index >= 15 is 0 Å². The molecule has 3 amide bonds. The predicted molar refractivity (Wildman–Crippen MR) is 132 cm³/mol. The molecule has 0 bridgehead atoms. The van der Waals surface area contributed by atoms with E-state index in [1.54, 1.807) is 54.6 Å². The van der Waals surface area contributed by atoms with Crippen molar-refractivity contribution in [2.45, 2.75) is 13.8 Å². The maximum Gasteiger partial charge on any atom is 0.283 e. The van der Waals surface area contributed by atoms with Crippen molar-refractivity contribution in [1.82, 2.24) is 0 Å². The fourth-order valence-electron chi connectivity index (χ4n) is 3.50. The van der Waals surface area contributed by atoms with Crippen molar-refractivity contribution in [1.29, 1.82) is 0 Å². The summed E-state index contributed by atoms with van der Waals surface area (Å²) in [6, 6.07) is 18.9. The fraction of sp³-hybridized carbons (Fsp3) is 0.115. The van der Waals surface area contributed by atoms with Crippen LogP contribution in [0.25, 0.3) is 0 Å². The highest BCUT2D eigenvalue weighted by Crippen LogP contribution is 2.31. The van der Waals surface area contributed by atoms with Gasteiger partial charge in [0, 0.05) is 11.3 Å². The monoisotopic (exact) mass is 475 g/mol. The van der Waals surface area contributed by atoms with Gasteiger partial charge < -0.3 is 15.4 Å². The smallest absolute Gasteiger partial charge is 0.283 e. The highest BCUT2D eigenvalue weighted by Gasteiger charge is 2.39. The molecule has 0 aliphatic carbocycles. The Labute approximate surface area is 202 Å².